The minimum absolute atomic E-state index is 0.434. The normalized spacial score (nSPS) is 11.2. The van der Waals surface area contributed by atoms with Crippen molar-refractivity contribution in [3.05, 3.63) is 75.6 Å². The summed E-state index contributed by atoms with van der Waals surface area (Å²) < 4.78 is 0. The van der Waals surface area contributed by atoms with Gasteiger partial charge in [-0.1, -0.05) is 17.7 Å². The molecule has 7 nitrogen and oxygen atoms in total. The highest BCUT2D eigenvalue weighted by atomic mass is 35.5. The summed E-state index contributed by atoms with van der Waals surface area (Å²) in [4.78, 5) is 18.9. The molecule has 2 heterocycles. The fourth-order valence-corrected chi connectivity index (χ4v) is 3.43. The Morgan fingerprint density at radius 1 is 1.11 bits per heavy atom. The summed E-state index contributed by atoms with van der Waals surface area (Å²) in [7, 11) is 0. The van der Waals surface area contributed by atoms with Gasteiger partial charge in [-0.25, -0.2) is 4.98 Å². The van der Waals surface area contributed by atoms with E-state index in [0.29, 0.717) is 23.9 Å². The molecule has 0 unspecified atom stereocenters. The van der Waals surface area contributed by atoms with Crippen LogP contribution < -0.4 is 10.6 Å². The number of pyridine rings is 2. The number of hydrogen-bond acceptors (Lipinski definition) is 7. The SMILES string of the molecule is O=[N+]([O-])C=C(NCCCCc1ncccc1Cl)NCCCSc1ccccn1. The van der Waals surface area contributed by atoms with Crippen molar-refractivity contribution in [3.8, 4) is 0 Å². The Morgan fingerprint density at radius 3 is 2.61 bits per heavy atom. The number of nitrogens with one attached hydrogen (secondary N) is 2. The highest BCUT2D eigenvalue weighted by molar-refractivity contribution is 7.99. The van der Waals surface area contributed by atoms with E-state index < -0.39 is 4.92 Å². The molecular weight excluding hydrogens is 398 g/mol. The van der Waals surface area contributed by atoms with Crippen LogP contribution in [0.15, 0.2) is 59.8 Å². The van der Waals surface area contributed by atoms with Crippen LogP contribution in [-0.4, -0.2) is 33.7 Å². The Bertz CT molecular complexity index is 761. The lowest BCUT2D eigenvalue weighted by Gasteiger charge is -2.11. The minimum atomic E-state index is -0.453. The van der Waals surface area contributed by atoms with E-state index in [1.54, 1.807) is 24.2 Å². The molecule has 28 heavy (non-hydrogen) atoms. The summed E-state index contributed by atoms with van der Waals surface area (Å²) in [6.07, 6.45) is 7.89. The maximum atomic E-state index is 10.8. The quantitative estimate of drug-likeness (QED) is 0.219. The summed E-state index contributed by atoms with van der Waals surface area (Å²) in [6.45, 7) is 1.29. The zero-order valence-corrected chi connectivity index (χ0v) is 17.1. The van der Waals surface area contributed by atoms with Gasteiger partial charge >= 0.3 is 0 Å². The van der Waals surface area contributed by atoms with Crippen molar-refractivity contribution in [2.24, 2.45) is 0 Å². The van der Waals surface area contributed by atoms with Crippen molar-refractivity contribution in [3.63, 3.8) is 0 Å². The van der Waals surface area contributed by atoms with Gasteiger partial charge in [-0.2, -0.15) is 0 Å². The first-order chi connectivity index (χ1) is 13.6. The van der Waals surface area contributed by atoms with E-state index in [1.807, 2.05) is 30.3 Å². The third kappa shape index (κ3) is 9.05. The molecule has 2 rings (SSSR count). The van der Waals surface area contributed by atoms with Crippen LogP contribution >= 0.6 is 23.4 Å². The number of rotatable bonds is 13. The molecule has 150 valence electrons. The molecule has 0 amide bonds. The van der Waals surface area contributed by atoms with Crippen LogP contribution in [0.3, 0.4) is 0 Å². The molecule has 2 aromatic rings. The number of halogens is 1. The third-order valence-electron chi connectivity index (χ3n) is 3.75. The van der Waals surface area contributed by atoms with Crippen molar-refractivity contribution in [1.29, 1.82) is 0 Å². The molecule has 0 saturated carbocycles. The van der Waals surface area contributed by atoms with Crippen molar-refractivity contribution in [2.45, 2.75) is 30.7 Å². The van der Waals surface area contributed by atoms with Crippen LogP contribution in [0.25, 0.3) is 0 Å². The van der Waals surface area contributed by atoms with Crippen molar-refractivity contribution < 1.29 is 4.92 Å². The lowest BCUT2D eigenvalue weighted by atomic mass is 10.2. The molecule has 0 aromatic carbocycles. The van der Waals surface area contributed by atoms with Gasteiger partial charge in [0.2, 0.25) is 0 Å². The molecule has 9 heteroatoms. The Morgan fingerprint density at radius 2 is 1.89 bits per heavy atom. The van der Waals surface area contributed by atoms with Crippen molar-refractivity contribution in [2.75, 3.05) is 18.8 Å². The van der Waals surface area contributed by atoms with Gasteiger partial charge < -0.3 is 10.6 Å². The molecule has 0 spiro atoms. The zero-order chi connectivity index (χ0) is 20.0. The molecule has 0 radical (unpaired) electrons. The maximum absolute atomic E-state index is 10.8. The summed E-state index contributed by atoms with van der Waals surface area (Å²) in [5.41, 5.74) is 0.883. The van der Waals surface area contributed by atoms with Crippen LogP contribution in [0.2, 0.25) is 5.02 Å². The van der Waals surface area contributed by atoms with E-state index >= 15 is 0 Å². The second-order valence-electron chi connectivity index (χ2n) is 5.94. The number of nitrogens with zero attached hydrogens (tertiary/aromatic N) is 3. The first kappa shape index (κ1) is 22.0. The van der Waals surface area contributed by atoms with Crippen LogP contribution in [0, 0.1) is 10.1 Å². The molecular formula is C19H24ClN5O2S. The first-order valence-corrected chi connectivity index (χ1v) is 10.5. The average Bonchev–Trinajstić information content (AvgIpc) is 2.69. The van der Waals surface area contributed by atoms with Gasteiger partial charge in [0, 0.05) is 31.2 Å². The van der Waals surface area contributed by atoms with Gasteiger partial charge in [-0.15, -0.1) is 11.8 Å². The van der Waals surface area contributed by atoms with Gasteiger partial charge in [-0.3, -0.25) is 15.1 Å². The topological polar surface area (TPSA) is 93.0 Å². The number of hydrogen-bond donors (Lipinski definition) is 2. The maximum Gasteiger partial charge on any atom is 0.274 e. The van der Waals surface area contributed by atoms with Gasteiger partial charge in [0.1, 0.15) is 0 Å². The summed E-state index contributed by atoms with van der Waals surface area (Å²) in [5, 5.41) is 18.7. The zero-order valence-electron chi connectivity index (χ0n) is 15.5. The lowest BCUT2D eigenvalue weighted by Crippen LogP contribution is -2.29. The molecule has 0 atom stereocenters. The molecule has 2 aromatic heterocycles. The van der Waals surface area contributed by atoms with Gasteiger partial charge in [0.05, 0.1) is 20.7 Å². The largest absolute Gasteiger partial charge is 0.367 e. The van der Waals surface area contributed by atoms with Crippen molar-refractivity contribution >= 4 is 23.4 Å². The van der Waals surface area contributed by atoms with E-state index in [2.05, 4.69) is 20.6 Å². The standard InChI is InChI=1S/C19H24ClN5O2S/c20-16-7-5-12-21-17(16)8-1-3-10-22-18(15-25(26)27)23-13-6-14-28-19-9-2-4-11-24-19/h2,4-5,7,9,11-12,15,22-23H,1,3,6,8,10,13-14H2. The molecule has 0 aliphatic heterocycles. The number of thioether (sulfide) groups is 1. The lowest BCUT2D eigenvalue weighted by molar-refractivity contribution is -0.404. The van der Waals surface area contributed by atoms with Gasteiger partial charge in [0.15, 0.2) is 5.82 Å². The molecule has 0 saturated heterocycles. The van der Waals surface area contributed by atoms with E-state index in [1.165, 1.54) is 0 Å². The Hall–Kier alpha value is -2.32. The van der Waals surface area contributed by atoms with Crippen LogP contribution in [-0.2, 0) is 6.42 Å². The number of unbranched alkanes of at least 4 members (excludes halogenated alkanes) is 1. The minimum Gasteiger partial charge on any atom is -0.367 e. The molecule has 0 fully saturated rings. The molecule has 0 aliphatic carbocycles. The fourth-order valence-electron chi connectivity index (χ4n) is 2.41. The average molecular weight is 422 g/mol. The van der Waals surface area contributed by atoms with Crippen molar-refractivity contribution in [1.82, 2.24) is 20.6 Å². The Kier molecular flexibility index (Phi) is 10.2. The van der Waals surface area contributed by atoms with Gasteiger partial charge in [-0.05, 0) is 49.9 Å². The smallest absolute Gasteiger partial charge is 0.274 e. The summed E-state index contributed by atoms with van der Waals surface area (Å²) in [5.74, 6) is 1.32. The van der Waals surface area contributed by atoms with Gasteiger partial charge in [0.25, 0.3) is 6.20 Å². The molecule has 0 aliphatic rings. The van der Waals surface area contributed by atoms with E-state index in [-0.39, 0.29) is 0 Å². The Labute approximate surface area is 174 Å². The fraction of sp³-hybridized carbons (Fsp3) is 0.368. The number of aromatic nitrogens is 2. The number of nitro groups is 1. The number of aryl methyl sites for hydroxylation is 1. The Balaban J connectivity index is 1.63. The second-order valence-corrected chi connectivity index (χ2v) is 7.46. The van der Waals surface area contributed by atoms with Crippen LogP contribution in [0.1, 0.15) is 25.0 Å². The van der Waals surface area contributed by atoms with E-state index in [4.69, 9.17) is 11.6 Å². The highest BCUT2D eigenvalue weighted by Gasteiger charge is 2.04. The van der Waals surface area contributed by atoms with Crippen LogP contribution in [0.5, 0.6) is 0 Å². The van der Waals surface area contributed by atoms with E-state index in [9.17, 15) is 10.1 Å². The van der Waals surface area contributed by atoms with E-state index in [0.717, 1.165) is 48.4 Å². The predicted molar refractivity (Wildman–Crippen MR) is 113 cm³/mol. The second kappa shape index (κ2) is 13.0. The van der Waals surface area contributed by atoms with Crippen LogP contribution in [0.4, 0.5) is 0 Å². The first-order valence-electron chi connectivity index (χ1n) is 9.11. The summed E-state index contributed by atoms with van der Waals surface area (Å²) in [6, 6.07) is 9.45. The predicted octanol–water partition coefficient (Wildman–Crippen LogP) is 3.89. The third-order valence-corrected chi connectivity index (χ3v) is 5.12. The molecule has 0 bridgehead atoms. The summed E-state index contributed by atoms with van der Waals surface area (Å²) >= 11 is 7.76. The molecule has 2 N–H and O–H groups in total. The monoisotopic (exact) mass is 421 g/mol. The highest BCUT2D eigenvalue weighted by Crippen LogP contribution is 2.15.